The van der Waals surface area contributed by atoms with E-state index in [1.807, 2.05) is 30.3 Å². The molecule has 2 aliphatic rings. The van der Waals surface area contributed by atoms with Crippen LogP contribution in [0.1, 0.15) is 36.0 Å². The lowest BCUT2D eigenvalue weighted by atomic mass is 9.89. The van der Waals surface area contributed by atoms with Gasteiger partial charge >= 0.3 is 0 Å². The largest absolute Gasteiger partial charge is 0.356 e. The van der Waals surface area contributed by atoms with E-state index in [1.165, 1.54) is 12.8 Å². The van der Waals surface area contributed by atoms with Crippen LogP contribution in [0, 0.1) is 5.92 Å². The highest BCUT2D eigenvalue weighted by Gasteiger charge is 2.26. The van der Waals surface area contributed by atoms with Crippen molar-refractivity contribution in [3.8, 4) is 0 Å². The lowest BCUT2D eigenvalue weighted by molar-refractivity contribution is 0.0900. The molecule has 130 valence electrons. The lowest BCUT2D eigenvalue weighted by Crippen LogP contribution is -2.37. The number of hydrogen-bond donors (Lipinski definition) is 0. The Balaban J connectivity index is 1.40. The summed E-state index contributed by atoms with van der Waals surface area (Å²) in [4.78, 5) is 26.1. The predicted molar refractivity (Wildman–Crippen MR) is 99.2 cm³/mol. The lowest BCUT2D eigenvalue weighted by Gasteiger charge is -2.32. The molecule has 2 aromatic rings. The van der Waals surface area contributed by atoms with Crippen molar-refractivity contribution in [2.45, 2.75) is 25.7 Å². The molecule has 2 fully saturated rings. The summed E-state index contributed by atoms with van der Waals surface area (Å²) < 4.78 is 0. The van der Waals surface area contributed by atoms with Gasteiger partial charge in [0.25, 0.3) is 0 Å². The fourth-order valence-electron chi connectivity index (χ4n) is 3.84. The van der Waals surface area contributed by atoms with Gasteiger partial charge in [-0.25, -0.2) is 9.97 Å². The molecular formula is C20H24N4O. The molecule has 2 aliphatic heterocycles. The first-order valence-electron chi connectivity index (χ1n) is 9.22. The first-order chi connectivity index (χ1) is 12.3. The first-order valence-corrected chi connectivity index (χ1v) is 9.22. The second kappa shape index (κ2) is 7.21. The van der Waals surface area contributed by atoms with Gasteiger partial charge in [0.2, 0.25) is 0 Å². The molecule has 0 spiro atoms. The van der Waals surface area contributed by atoms with Gasteiger partial charge in [0.15, 0.2) is 5.78 Å². The fourth-order valence-corrected chi connectivity index (χ4v) is 3.84. The molecule has 3 heterocycles. The van der Waals surface area contributed by atoms with E-state index in [0.29, 0.717) is 0 Å². The first kappa shape index (κ1) is 16.1. The van der Waals surface area contributed by atoms with Crippen LogP contribution in [0.5, 0.6) is 0 Å². The van der Waals surface area contributed by atoms with E-state index in [2.05, 4.69) is 25.8 Å². The van der Waals surface area contributed by atoms with E-state index in [9.17, 15) is 4.79 Å². The summed E-state index contributed by atoms with van der Waals surface area (Å²) in [5, 5.41) is 0. The third-order valence-corrected chi connectivity index (χ3v) is 5.32. The van der Waals surface area contributed by atoms with Crippen molar-refractivity contribution in [2.75, 3.05) is 36.0 Å². The van der Waals surface area contributed by atoms with Gasteiger partial charge < -0.3 is 9.80 Å². The zero-order chi connectivity index (χ0) is 17.1. The number of benzene rings is 1. The van der Waals surface area contributed by atoms with Crippen molar-refractivity contribution < 1.29 is 4.79 Å². The zero-order valence-corrected chi connectivity index (χ0v) is 14.5. The summed E-state index contributed by atoms with van der Waals surface area (Å²) in [5.41, 5.74) is 0.833. The summed E-state index contributed by atoms with van der Waals surface area (Å²) in [5.74, 6) is 2.42. The van der Waals surface area contributed by atoms with Crippen molar-refractivity contribution in [3.05, 3.63) is 48.3 Å². The van der Waals surface area contributed by atoms with Crippen LogP contribution in [-0.2, 0) is 0 Å². The summed E-state index contributed by atoms with van der Waals surface area (Å²) in [7, 11) is 0. The Morgan fingerprint density at radius 2 is 1.48 bits per heavy atom. The van der Waals surface area contributed by atoms with Crippen LogP contribution in [0.15, 0.2) is 42.7 Å². The van der Waals surface area contributed by atoms with Gasteiger partial charge in [0.05, 0.1) is 0 Å². The molecular weight excluding hydrogens is 312 g/mol. The molecule has 0 atom stereocenters. The van der Waals surface area contributed by atoms with Gasteiger partial charge in [-0.2, -0.15) is 0 Å². The van der Waals surface area contributed by atoms with Crippen molar-refractivity contribution >= 4 is 17.4 Å². The Labute approximate surface area is 148 Å². The topological polar surface area (TPSA) is 49.3 Å². The molecule has 0 amide bonds. The Kier molecular flexibility index (Phi) is 4.63. The zero-order valence-electron chi connectivity index (χ0n) is 14.5. The maximum atomic E-state index is 12.6. The number of carbonyl (C=O) groups excluding carboxylic acids is 1. The minimum absolute atomic E-state index is 0.124. The minimum Gasteiger partial charge on any atom is -0.356 e. The van der Waals surface area contributed by atoms with Crippen LogP contribution in [0.4, 0.5) is 11.6 Å². The van der Waals surface area contributed by atoms with Crippen molar-refractivity contribution in [1.82, 2.24) is 9.97 Å². The Bertz CT molecular complexity index is 719. The maximum Gasteiger partial charge on any atom is 0.166 e. The third kappa shape index (κ3) is 3.50. The molecule has 5 nitrogen and oxygen atoms in total. The van der Waals surface area contributed by atoms with E-state index in [4.69, 9.17) is 0 Å². The second-order valence-electron chi connectivity index (χ2n) is 6.92. The van der Waals surface area contributed by atoms with Crippen LogP contribution in [0.25, 0.3) is 0 Å². The maximum absolute atomic E-state index is 12.6. The van der Waals surface area contributed by atoms with Gasteiger partial charge in [-0.1, -0.05) is 30.3 Å². The number of aromatic nitrogens is 2. The minimum atomic E-state index is 0.124. The highest BCUT2D eigenvalue weighted by molar-refractivity contribution is 5.97. The third-order valence-electron chi connectivity index (χ3n) is 5.32. The number of anilines is 2. The van der Waals surface area contributed by atoms with Crippen LogP contribution >= 0.6 is 0 Å². The number of nitrogens with zero attached hydrogens (tertiary/aromatic N) is 4. The molecule has 0 aliphatic carbocycles. The Morgan fingerprint density at radius 3 is 2.12 bits per heavy atom. The van der Waals surface area contributed by atoms with E-state index >= 15 is 0 Å². The van der Waals surface area contributed by atoms with Crippen LogP contribution in [-0.4, -0.2) is 41.9 Å². The summed E-state index contributed by atoms with van der Waals surface area (Å²) in [6.45, 7) is 3.92. The molecule has 0 radical (unpaired) electrons. The number of rotatable bonds is 4. The van der Waals surface area contributed by atoms with Crippen LogP contribution in [0.3, 0.4) is 0 Å². The molecule has 25 heavy (non-hydrogen) atoms. The van der Waals surface area contributed by atoms with E-state index in [1.54, 1.807) is 6.33 Å². The molecule has 1 aromatic heterocycles. The highest BCUT2D eigenvalue weighted by atomic mass is 16.1. The summed E-state index contributed by atoms with van der Waals surface area (Å²) >= 11 is 0. The Hall–Kier alpha value is -2.43. The van der Waals surface area contributed by atoms with Gasteiger partial charge in [-0.05, 0) is 25.7 Å². The number of hydrogen-bond acceptors (Lipinski definition) is 5. The molecule has 2 saturated heterocycles. The molecule has 4 rings (SSSR count). The molecule has 0 N–H and O–H groups in total. The van der Waals surface area contributed by atoms with Gasteiger partial charge in [0, 0.05) is 43.7 Å². The van der Waals surface area contributed by atoms with E-state index in [0.717, 1.165) is 56.2 Å². The molecule has 0 saturated carbocycles. The van der Waals surface area contributed by atoms with Gasteiger partial charge in [-0.3, -0.25) is 4.79 Å². The predicted octanol–water partition coefficient (Wildman–Crippen LogP) is 3.18. The summed E-state index contributed by atoms with van der Waals surface area (Å²) in [6, 6.07) is 11.8. The average Bonchev–Trinajstić information content (AvgIpc) is 3.23. The number of Topliss-reactive ketones (excluding diaryl/α,β-unsaturated/α-hetero) is 1. The van der Waals surface area contributed by atoms with Crippen LogP contribution in [0.2, 0.25) is 0 Å². The quantitative estimate of drug-likeness (QED) is 0.803. The van der Waals surface area contributed by atoms with Gasteiger partial charge in [-0.15, -0.1) is 0 Å². The smallest absolute Gasteiger partial charge is 0.166 e. The van der Waals surface area contributed by atoms with Gasteiger partial charge in [0.1, 0.15) is 18.0 Å². The highest BCUT2D eigenvalue weighted by Crippen LogP contribution is 2.27. The molecule has 0 bridgehead atoms. The van der Waals surface area contributed by atoms with E-state index < -0.39 is 0 Å². The van der Waals surface area contributed by atoms with Crippen molar-refractivity contribution in [1.29, 1.82) is 0 Å². The Morgan fingerprint density at radius 1 is 0.880 bits per heavy atom. The SMILES string of the molecule is O=C(c1ccccc1)C1CCN(c2cc(N3CCCC3)ncn2)CC1. The number of carbonyl (C=O) groups is 1. The van der Waals surface area contributed by atoms with E-state index in [-0.39, 0.29) is 11.7 Å². The molecule has 1 aromatic carbocycles. The van der Waals surface area contributed by atoms with Crippen LogP contribution < -0.4 is 9.80 Å². The second-order valence-corrected chi connectivity index (χ2v) is 6.92. The average molecular weight is 336 g/mol. The van der Waals surface area contributed by atoms with Crippen molar-refractivity contribution in [3.63, 3.8) is 0 Å². The summed E-state index contributed by atoms with van der Waals surface area (Å²) in [6.07, 6.45) is 5.93. The standard InChI is InChI=1S/C20H24N4O/c25-20(16-6-2-1-3-7-16)17-8-12-24(13-9-17)19-14-18(21-15-22-19)23-10-4-5-11-23/h1-3,6-7,14-15,17H,4-5,8-13H2. The monoisotopic (exact) mass is 336 g/mol. The number of ketones is 1. The normalized spacial score (nSPS) is 18.6. The molecule has 5 heteroatoms. The fraction of sp³-hybridized carbons (Fsp3) is 0.450. The number of piperidine rings is 1. The van der Waals surface area contributed by atoms with Crippen molar-refractivity contribution in [2.24, 2.45) is 5.92 Å². The molecule has 0 unspecified atom stereocenters.